The fourth-order valence-electron chi connectivity index (χ4n) is 4.13. The molecule has 0 spiro atoms. The fraction of sp³-hybridized carbons (Fsp3) is 0.160. The average Bonchev–Trinajstić information content (AvgIpc) is 2.79. The highest BCUT2D eigenvalue weighted by Crippen LogP contribution is 2.34. The number of rotatable bonds is 3. The van der Waals surface area contributed by atoms with Gasteiger partial charge in [-0.1, -0.05) is 60.7 Å². The van der Waals surface area contributed by atoms with Gasteiger partial charge in [-0.05, 0) is 30.2 Å². The van der Waals surface area contributed by atoms with Crippen molar-refractivity contribution in [2.75, 3.05) is 6.73 Å². The summed E-state index contributed by atoms with van der Waals surface area (Å²) < 4.78 is 11.8. The molecule has 5 rings (SSSR count). The number of hydrogen-bond donors (Lipinski definition) is 1. The van der Waals surface area contributed by atoms with Gasteiger partial charge in [0.2, 0.25) is 6.73 Å². The van der Waals surface area contributed by atoms with E-state index in [9.17, 15) is 4.79 Å². The highest BCUT2D eigenvalue weighted by atomic mass is 16.5. The standard InChI is InChI=1S/C25H21NO3/c1-17(18-8-4-2-5-9-18)26-15-22-23(28-16-26)13-12-20-21(14-24(27)29-25(20)22)19-10-6-3-7-11-19/h2-14,17H,15-16H2,1H3/p+1/t17-/m1/s1. The van der Waals surface area contributed by atoms with Crippen molar-refractivity contribution >= 4 is 11.0 Å². The predicted octanol–water partition coefficient (Wildman–Crippen LogP) is 3.96. The molecule has 144 valence electrons. The summed E-state index contributed by atoms with van der Waals surface area (Å²) >= 11 is 0. The summed E-state index contributed by atoms with van der Waals surface area (Å²) in [7, 11) is 0. The first-order valence-corrected chi connectivity index (χ1v) is 9.88. The minimum absolute atomic E-state index is 0.267. The molecule has 0 saturated heterocycles. The van der Waals surface area contributed by atoms with Crippen LogP contribution in [0.2, 0.25) is 0 Å². The summed E-state index contributed by atoms with van der Waals surface area (Å²) in [6.07, 6.45) is 0. The number of nitrogens with one attached hydrogen (secondary N) is 1. The number of hydrogen-bond acceptors (Lipinski definition) is 3. The summed E-state index contributed by atoms with van der Waals surface area (Å²) in [5, 5.41) is 0.937. The van der Waals surface area contributed by atoms with Gasteiger partial charge in [-0.2, -0.15) is 0 Å². The zero-order chi connectivity index (χ0) is 19.8. The Labute approximate surface area is 169 Å². The van der Waals surface area contributed by atoms with Crippen molar-refractivity contribution < 1.29 is 14.1 Å². The third kappa shape index (κ3) is 3.22. The van der Waals surface area contributed by atoms with Gasteiger partial charge in [-0.15, -0.1) is 0 Å². The normalized spacial score (nSPS) is 16.8. The third-order valence-electron chi connectivity index (χ3n) is 5.79. The second kappa shape index (κ2) is 7.22. The molecule has 0 amide bonds. The first-order valence-electron chi connectivity index (χ1n) is 9.88. The van der Waals surface area contributed by atoms with E-state index in [1.807, 2.05) is 48.5 Å². The molecule has 1 aromatic heterocycles. The molecular weight excluding hydrogens is 362 g/mol. The van der Waals surface area contributed by atoms with Crippen molar-refractivity contribution in [3.8, 4) is 16.9 Å². The molecule has 29 heavy (non-hydrogen) atoms. The maximum Gasteiger partial charge on any atom is 0.336 e. The van der Waals surface area contributed by atoms with Crippen LogP contribution in [0.3, 0.4) is 0 Å². The molecule has 4 nitrogen and oxygen atoms in total. The SMILES string of the molecule is C[C@H](c1ccccc1)[NH+]1COc2ccc3c(-c4ccccc4)cc(=O)oc3c2C1. The van der Waals surface area contributed by atoms with Gasteiger partial charge in [-0.25, -0.2) is 4.79 Å². The maximum atomic E-state index is 12.4. The Morgan fingerprint density at radius 2 is 1.66 bits per heavy atom. The van der Waals surface area contributed by atoms with Crippen molar-refractivity contribution in [3.05, 3.63) is 100 Å². The van der Waals surface area contributed by atoms with Crippen molar-refractivity contribution in [2.24, 2.45) is 0 Å². The Morgan fingerprint density at radius 1 is 0.931 bits per heavy atom. The second-order valence-corrected chi connectivity index (χ2v) is 7.52. The van der Waals surface area contributed by atoms with Crippen LogP contribution in [0.4, 0.5) is 0 Å². The van der Waals surface area contributed by atoms with E-state index < -0.39 is 0 Å². The van der Waals surface area contributed by atoms with Crippen LogP contribution in [0.5, 0.6) is 5.75 Å². The van der Waals surface area contributed by atoms with E-state index in [1.165, 1.54) is 10.5 Å². The summed E-state index contributed by atoms with van der Waals surface area (Å²) in [5.41, 5.74) is 4.41. The Bertz CT molecular complexity index is 1220. The van der Waals surface area contributed by atoms with E-state index in [0.717, 1.165) is 34.4 Å². The van der Waals surface area contributed by atoms with Gasteiger partial charge in [-0.3, -0.25) is 4.90 Å². The van der Waals surface area contributed by atoms with Gasteiger partial charge in [0.25, 0.3) is 0 Å². The van der Waals surface area contributed by atoms with Crippen LogP contribution in [0.15, 0.2) is 88.1 Å². The number of ether oxygens (including phenoxy) is 1. The molecule has 3 aromatic carbocycles. The summed E-state index contributed by atoms with van der Waals surface area (Å²) in [6, 6.07) is 26.2. The first-order chi connectivity index (χ1) is 14.2. The topological polar surface area (TPSA) is 43.9 Å². The Kier molecular flexibility index (Phi) is 4.41. The van der Waals surface area contributed by atoms with Crippen LogP contribution >= 0.6 is 0 Å². The molecule has 0 radical (unpaired) electrons. The van der Waals surface area contributed by atoms with E-state index in [0.29, 0.717) is 12.3 Å². The van der Waals surface area contributed by atoms with E-state index in [4.69, 9.17) is 9.15 Å². The maximum absolute atomic E-state index is 12.4. The van der Waals surface area contributed by atoms with Gasteiger partial charge in [0.05, 0.1) is 5.56 Å². The van der Waals surface area contributed by atoms with Gasteiger partial charge >= 0.3 is 5.63 Å². The monoisotopic (exact) mass is 384 g/mol. The highest BCUT2D eigenvalue weighted by Gasteiger charge is 2.29. The van der Waals surface area contributed by atoms with Crippen LogP contribution < -0.4 is 15.3 Å². The fourth-order valence-corrected chi connectivity index (χ4v) is 4.13. The van der Waals surface area contributed by atoms with Crippen LogP contribution in [-0.2, 0) is 6.54 Å². The Morgan fingerprint density at radius 3 is 2.41 bits per heavy atom. The van der Waals surface area contributed by atoms with Crippen LogP contribution in [0, 0.1) is 0 Å². The van der Waals surface area contributed by atoms with Crippen molar-refractivity contribution in [1.82, 2.24) is 0 Å². The highest BCUT2D eigenvalue weighted by molar-refractivity contribution is 5.95. The van der Waals surface area contributed by atoms with Gasteiger partial charge in [0.1, 0.15) is 18.3 Å². The summed E-state index contributed by atoms with van der Waals surface area (Å²) in [5.74, 6) is 0.801. The van der Waals surface area contributed by atoms with Crippen LogP contribution in [-0.4, -0.2) is 6.73 Å². The largest absolute Gasteiger partial charge is 0.445 e. The van der Waals surface area contributed by atoms with Crippen LogP contribution in [0.25, 0.3) is 22.1 Å². The smallest absolute Gasteiger partial charge is 0.336 e. The molecule has 2 atom stereocenters. The van der Waals surface area contributed by atoms with Gasteiger partial charge in [0, 0.05) is 17.0 Å². The lowest BCUT2D eigenvalue weighted by Gasteiger charge is -2.31. The zero-order valence-electron chi connectivity index (χ0n) is 16.2. The molecule has 1 unspecified atom stereocenters. The Balaban J connectivity index is 1.61. The molecule has 4 heteroatoms. The molecule has 1 aliphatic heterocycles. The first kappa shape index (κ1) is 17.7. The Hall–Kier alpha value is -3.37. The summed E-state index contributed by atoms with van der Waals surface area (Å²) in [4.78, 5) is 13.7. The number of fused-ring (bicyclic) bond motifs is 3. The molecular formula is C25H22NO3+. The van der Waals surface area contributed by atoms with Crippen molar-refractivity contribution in [3.63, 3.8) is 0 Å². The van der Waals surface area contributed by atoms with E-state index >= 15 is 0 Å². The average molecular weight is 384 g/mol. The lowest BCUT2D eigenvalue weighted by Crippen LogP contribution is -3.12. The quantitative estimate of drug-likeness (QED) is 0.544. The van der Waals surface area contributed by atoms with Gasteiger partial charge < -0.3 is 9.15 Å². The van der Waals surface area contributed by atoms with Crippen molar-refractivity contribution in [1.29, 1.82) is 0 Å². The predicted molar refractivity (Wildman–Crippen MR) is 113 cm³/mol. The molecule has 4 aromatic rings. The molecule has 0 fully saturated rings. The minimum atomic E-state index is -0.340. The number of quaternary nitrogens is 1. The van der Waals surface area contributed by atoms with Crippen LogP contribution in [0.1, 0.15) is 24.1 Å². The summed E-state index contributed by atoms with van der Waals surface area (Å²) in [6.45, 7) is 3.52. The molecule has 2 heterocycles. The van der Waals surface area contributed by atoms with E-state index in [-0.39, 0.29) is 11.7 Å². The molecule has 0 saturated carbocycles. The minimum Gasteiger partial charge on any atom is -0.445 e. The second-order valence-electron chi connectivity index (χ2n) is 7.52. The van der Waals surface area contributed by atoms with Crippen molar-refractivity contribution in [2.45, 2.75) is 19.5 Å². The lowest BCUT2D eigenvalue weighted by atomic mass is 9.98. The van der Waals surface area contributed by atoms with E-state index in [2.05, 4.69) is 31.2 Å². The molecule has 0 bridgehead atoms. The van der Waals surface area contributed by atoms with E-state index in [1.54, 1.807) is 6.07 Å². The van der Waals surface area contributed by atoms with Gasteiger partial charge in [0.15, 0.2) is 5.58 Å². The molecule has 0 aliphatic carbocycles. The zero-order valence-corrected chi connectivity index (χ0v) is 16.2. The number of benzene rings is 3. The molecule has 1 N–H and O–H groups in total. The lowest BCUT2D eigenvalue weighted by molar-refractivity contribution is -0.960. The molecule has 1 aliphatic rings. The third-order valence-corrected chi connectivity index (χ3v) is 5.79.